The van der Waals surface area contributed by atoms with E-state index in [1.165, 1.54) is 0 Å². The molecule has 0 aliphatic heterocycles. The van der Waals surface area contributed by atoms with E-state index < -0.39 is 5.41 Å². The number of benzene rings is 2. The number of hydrogen-bond acceptors (Lipinski definition) is 3. The lowest BCUT2D eigenvalue weighted by Crippen LogP contribution is -2.27. The summed E-state index contributed by atoms with van der Waals surface area (Å²) in [6.45, 7) is 11.7. The zero-order valence-electron chi connectivity index (χ0n) is 16.8. The normalized spacial score (nSPS) is 11.0. The van der Waals surface area contributed by atoms with Crippen LogP contribution in [0.15, 0.2) is 48.5 Å². The molecular formula is C22H29N3O2. The van der Waals surface area contributed by atoms with Gasteiger partial charge in [-0.05, 0) is 56.3 Å². The van der Waals surface area contributed by atoms with E-state index in [4.69, 9.17) is 0 Å². The van der Waals surface area contributed by atoms with Gasteiger partial charge in [0.2, 0.25) is 5.91 Å². The zero-order chi connectivity index (χ0) is 20.0. The summed E-state index contributed by atoms with van der Waals surface area (Å²) in [5.74, 6) is -0.301. The van der Waals surface area contributed by atoms with Crippen LogP contribution in [0.25, 0.3) is 0 Å². The third-order valence-electron chi connectivity index (χ3n) is 4.32. The van der Waals surface area contributed by atoms with Crippen LogP contribution in [0.2, 0.25) is 0 Å². The molecule has 0 unspecified atom stereocenters. The Morgan fingerprint density at radius 3 is 2.07 bits per heavy atom. The molecule has 0 spiro atoms. The number of anilines is 3. The Morgan fingerprint density at radius 2 is 1.52 bits per heavy atom. The van der Waals surface area contributed by atoms with Crippen molar-refractivity contribution in [3.8, 4) is 0 Å². The second kappa shape index (κ2) is 8.71. The molecule has 0 atom stereocenters. The maximum atomic E-state index is 12.5. The number of rotatable bonds is 6. The Kier molecular flexibility index (Phi) is 6.61. The first-order chi connectivity index (χ1) is 12.7. The molecule has 2 aromatic rings. The molecule has 27 heavy (non-hydrogen) atoms. The van der Waals surface area contributed by atoms with Gasteiger partial charge in [-0.3, -0.25) is 9.59 Å². The predicted octanol–water partition coefficient (Wildman–Crippen LogP) is 4.77. The van der Waals surface area contributed by atoms with Gasteiger partial charge in [-0.2, -0.15) is 0 Å². The molecule has 0 radical (unpaired) electrons. The first-order valence-corrected chi connectivity index (χ1v) is 9.32. The van der Waals surface area contributed by atoms with Crippen molar-refractivity contribution in [1.82, 2.24) is 0 Å². The fourth-order valence-corrected chi connectivity index (χ4v) is 2.60. The molecule has 2 N–H and O–H groups in total. The van der Waals surface area contributed by atoms with Crippen LogP contribution in [0.1, 0.15) is 45.0 Å². The minimum atomic E-state index is -0.495. The highest BCUT2D eigenvalue weighted by atomic mass is 16.2. The van der Waals surface area contributed by atoms with Crippen LogP contribution in [0.3, 0.4) is 0 Å². The summed E-state index contributed by atoms with van der Waals surface area (Å²) in [4.78, 5) is 26.9. The number of nitrogens with zero attached hydrogens (tertiary/aromatic N) is 1. The summed E-state index contributed by atoms with van der Waals surface area (Å²) in [6, 6.07) is 14.8. The van der Waals surface area contributed by atoms with E-state index in [1.54, 1.807) is 24.3 Å². The first kappa shape index (κ1) is 20.5. The van der Waals surface area contributed by atoms with Gasteiger partial charge in [0.25, 0.3) is 5.91 Å². The quantitative estimate of drug-likeness (QED) is 0.773. The smallest absolute Gasteiger partial charge is 0.255 e. The molecule has 5 heteroatoms. The minimum Gasteiger partial charge on any atom is -0.372 e. The highest BCUT2D eigenvalue weighted by Gasteiger charge is 2.21. The lowest BCUT2D eigenvalue weighted by atomic mass is 9.95. The van der Waals surface area contributed by atoms with Crippen molar-refractivity contribution < 1.29 is 9.59 Å². The fourth-order valence-electron chi connectivity index (χ4n) is 2.60. The average Bonchev–Trinajstić information content (AvgIpc) is 2.63. The molecule has 0 bridgehead atoms. The van der Waals surface area contributed by atoms with Crippen LogP contribution < -0.4 is 15.5 Å². The fraction of sp³-hybridized carbons (Fsp3) is 0.364. The molecule has 2 aromatic carbocycles. The van der Waals surface area contributed by atoms with Crippen molar-refractivity contribution in [2.45, 2.75) is 34.6 Å². The van der Waals surface area contributed by atoms with Crippen LogP contribution in [-0.4, -0.2) is 24.9 Å². The zero-order valence-corrected chi connectivity index (χ0v) is 16.8. The minimum absolute atomic E-state index is 0.0907. The largest absolute Gasteiger partial charge is 0.372 e. The van der Waals surface area contributed by atoms with Crippen LogP contribution in [0.4, 0.5) is 17.1 Å². The van der Waals surface area contributed by atoms with E-state index in [1.807, 2.05) is 45.0 Å². The van der Waals surface area contributed by atoms with Gasteiger partial charge >= 0.3 is 0 Å². The second-order valence-corrected chi connectivity index (χ2v) is 7.46. The van der Waals surface area contributed by atoms with E-state index in [0.29, 0.717) is 11.3 Å². The molecule has 2 rings (SSSR count). The molecule has 2 amide bonds. The van der Waals surface area contributed by atoms with Crippen LogP contribution >= 0.6 is 0 Å². The Bertz CT molecular complexity index is 788. The van der Waals surface area contributed by atoms with Crippen molar-refractivity contribution in [2.24, 2.45) is 5.41 Å². The monoisotopic (exact) mass is 367 g/mol. The Labute approximate surface area is 161 Å². The average molecular weight is 367 g/mol. The van der Waals surface area contributed by atoms with E-state index in [-0.39, 0.29) is 11.8 Å². The van der Waals surface area contributed by atoms with Gasteiger partial charge in [-0.25, -0.2) is 0 Å². The first-order valence-electron chi connectivity index (χ1n) is 9.32. The van der Waals surface area contributed by atoms with E-state index in [2.05, 4.69) is 29.4 Å². The van der Waals surface area contributed by atoms with Gasteiger partial charge in [0.1, 0.15) is 0 Å². The SMILES string of the molecule is CCN(CC)c1ccc(NC(=O)c2cccc(NC(=O)C(C)(C)C)c2)cc1. The number of nitrogens with one attached hydrogen (secondary N) is 2. The molecule has 0 heterocycles. The van der Waals surface area contributed by atoms with E-state index in [9.17, 15) is 9.59 Å². The number of carbonyl (C=O) groups is 2. The lowest BCUT2D eigenvalue weighted by molar-refractivity contribution is -0.123. The van der Waals surface area contributed by atoms with Gasteiger partial charge < -0.3 is 15.5 Å². The maximum absolute atomic E-state index is 12.5. The van der Waals surface area contributed by atoms with Crippen LogP contribution in [0.5, 0.6) is 0 Å². The highest BCUT2D eigenvalue weighted by molar-refractivity contribution is 6.05. The molecule has 0 saturated heterocycles. The summed E-state index contributed by atoms with van der Waals surface area (Å²) in [7, 11) is 0. The molecule has 0 saturated carbocycles. The standard InChI is InChI=1S/C22H29N3O2/c1-6-25(7-2)19-13-11-17(12-14-19)23-20(26)16-9-8-10-18(15-16)24-21(27)22(3,4)5/h8-15H,6-7H2,1-5H3,(H,23,26)(H,24,27). The molecular weight excluding hydrogens is 338 g/mol. The van der Waals surface area contributed by atoms with E-state index in [0.717, 1.165) is 24.5 Å². The van der Waals surface area contributed by atoms with E-state index >= 15 is 0 Å². The van der Waals surface area contributed by atoms with Gasteiger partial charge in [0, 0.05) is 41.1 Å². The molecule has 5 nitrogen and oxygen atoms in total. The summed E-state index contributed by atoms with van der Waals surface area (Å²) in [6.07, 6.45) is 0. The number of carbonyl (C=O) groups excluding carboxylic acids is 2. The number of amides is 2. The highest BCUT2D eigenvalue weighted by Crippen LogP contribution is 2.20. The van der Waals surface area contributed by atoms with Gasteiger partial charge in [0.15, 0.2) is 0 Å². The van der Waals surface area contributed by atoms with Gasteiger partial charge in [-0.15, -0.1) is 0 Å². The summed E-state index contributed by atoms with van der Waals surface area (Å²) in [5, 5.41) is 5.75. The summed E-state index contributed by atoms with van der Waals surface area (Å²) in [5.41, 5.74) is 2.48. The van der Waals surface area contributed by atoms with Crippen molar-refractivity contribution >= 4 is 28.9 Å². The molecule has 144 valence electrons. The lowest BCUT2D eigenvalue weighted by Gasteiger charge is -2.21. The van der Waals surface area contributed by atoms with Crippen LogP contribution in [-0.2, 0) is 4.79 Å². The summed E-state index contributed by atoms with van der Waals surface area (Å²) >= 11 is 0. The Morgan fingerprint density at radius 1 is 0.889 bits per heavy atom. The van der Waals surface area contributed by atoms with Gasteiger partial charge in [-0.1, -0.05) is 26.8 Å². The van der Waals surface area contributed by atoms with Crippen molar-refractivity contribution in [2.75, 3.05) is 28.6 Å². The molecule has 0 aliphatic rings. The molecule has 0 aliphatic carbocycles. The maximum Gasteiger partial charge on any atom is 0.255 e. The molecule has 0 aromatic heterocycles. The van der Waals surface area contributed by atoms with Crippen molar-refractivity contribution in [3.05, 3.63) is 54.1 Å². The number of hydrogen-bond donors (Lipinski definition) is 2. The Balaban J connectivity index is 2.08. The molecule has 0 fully saturated rings. The van der Waals surface area contributed by atoms with Crippen molar-refractivity contribution in [3.63, 3.8) is 0 Å². The van der Waals surface area contributed by atoms with Crippen molar-refractivity contribution in [1.29, 1.82) is 0 Å². The topological polar surface area (TPSA) is 61.4 Å². The third kappa shape index (κ3) is 5.58. The predicted molar refractivity (Wildman–Crippen MR) is 112 cm³/mol. The second-order valence-electron chi connectivity index (χ2n) is 7.46. The third-order valence-corrected chi connectivity index (χ3v) is 4.32. The van der Waals surface area contributed by atoms with Gasteiger partial charge in [0.05, 0.1) is 0 Å². The van der Waals surface area contributed by atoms with Crippen LogP contribution in [0, 0.1) is 5.41 Å². The summed E-state index contributed by atoms with van der Waals surface area (Å²) < 4.78 is 0. The Hall–Kier alpha value is -2.82.